The van der Waals surface area contributed by atoms with Gasteiger partial charge in [0, 0.05) is 12.3 Å². The van der Waals surface area contributed by atoms with E-state index in [1.165, 1.54) is 0 Å². The fraction of sp³-hybridized carbons (Fsp3) is 0.588. The van der Waals surface area contributed by atoms with Gasteiger partial charge in [0.15, 0.2) is 12.1 Å². The highest BCUT2D eigenvalue weighted by molar-refractivity contribution is 5.89. The van der Waals surface area contributed by atoms with E-state index in [9.17, 15) is 15.0 Å². The molecule has 3 saturated carbocycles. The quantitative estimate of drug-likeness (QED) is 0.803. The molecule has 3 heterocycles. The van der Waals surface area contributed by atoms with Crippen LogP contribution in [0.1, 0.15) is 30.1 Å². The van der Waals surface area contributed by atoms with E-state index in [-0.39, 0.29) is 18.9 Å². The molecule has 1 unspecified atom stereocenters. The summed E-state index contributed by atoms with van der Waals surface area (Å²) in [5.74, 6) is -2.02. The first-order chi connectivity index (χ1) is 10.8. The first kappa shape index (κ1) is 13.9. The van der Waals surface area contributed by atoms with Crippen LogP contribution in [0.3, 0.4) is 0 Å². The van der Waals surface area contributed by atoms with Gasteiger partial charge in [-0.05, 0) is 25.5 Å². The lowest BCUT2D eigenvalue weighted by Crippen LogP contribution is -2.78. The minimum Gasteiger partial charge on any atom is -0.461 e. The third-order valence-corrected chi connectivity index (χ3v) is 6.45. The van der Waals surface area contributed by atoms with Crippen LogP contribution in [0.5, 0.6) is 0 Å². The highest BCUT2D eigenvalue weighted by atomic mass is 16.8. The van der Waals surface area contributed by atoms with Gasteiger partial charge in [0.2, 0.25) is 0 Å². The molecule has 2 N–H and O–H groups in total. The Bertz CT molecular complexity index is 706. The summed E-state index contributed by atoms with van der Waals surface area (Å²) in [6.45, 7) is 1.77. The molecule has 3 aliphatic heterocycles. The molecule has 1 aromatic rings. The molecule has 0 spiro atoms. The molecule has 6 heteroatoms. The third-order valence-electron chi connectivity index (χ3n) is 6.45. The standard InChI is InChI=1S/C17H18O6/c1-14-8-16(19)11-7-17(14,20)15(11,13(22-14)23-16)9-21-12(18)10-5-3-2-4-6-10/h2-6,11,13,19-20H,7-9H2,1H3/t11-,13-,14+,15+,16-,17?/m1/s1. The summed E-state index contributed by atoms with van der Waals surface area (Å²) in [4.78, 5) is 12.2. The number of carbonyl (C=O) groups excluding carboxylic acids is 1. The molecule has 3 saturated heterocycles. The van der Waals surface area contributed by atoms with E-state index in [0.29, 0.717) is 12.0 Å². The fourth-order valence-electron chi connectivity index (χ4n) is 5.26. The summed E-state index contributed by atoms with van der Waals surface area (Å²) in [6, 6.07) is 8.70. The zero-order chi connectivity index (χ0) is 16.1. The Morgan fingerprint density at radius 1 is 1.30 bits per heavy atom. The molecule has 7 rings (SSSR count). The van der Waals surface area contributed by atoms with E-state index < -0.39 is 34.7 Å². The van der Waals surface area contributed by atoms with Gasteiger partial charge in [-0.3, -0.25) is 0 Å². The number of esters is 1. The zero-order valence-electron chi connectivity index (χ0n) is 12.7. The molecule has 6 nitrogen and oxygen atoms in total. The van der Waals surface area contributed by atoms with Crippen LogP contribution in [0.2, 0.25) is 0 Å². The van der Waals surface area contributed by atoms with Gasteiger partial charge in [-0.1, -0.05) is 18.2 Å². The second-order valence-electron chi connectivity index (χ2n) is 7.42. The van der Waals surface area contributed by atoms with Gasteiger partial charge in [-0.2, -0.15) is 0 Å². The molecule has 6 aliphatic rings. The van der Waals surface area contributed by atoms with Crippen molar-refractivity contribution in [3.63, 3.8) is 0 Å². The summed E-state index contributed by atoms with van der Waals surface area (Å²) < 4.78 is 17.0. The summed E-state index contributed by atoms with van der Waals surface area (Å²) >= 11 is 0. The van der Waals surface area contributed by atoms with E-state index in [1.54, 1.807) is 31.2 Å². The summed E-state index contributed by atoms with van der Waals surface area (Å²) in [6.07, 6.45) is -0.0932. The van der Waals surface area contributed by atoms with Crippen molar-refractivity contribution < 1.29 is 29.2 Å². The van der Waals surface area contributed by atoms with Crippen LogP contribution in [0.25, 0.3) is 0 Å². The van der Waals surface area contributed by atoms with Crippen molar-refractivity contribution in [2.24, 2.45) is 11.3 Å². The lowest BCUT2D eigenvalue weighted by Gasteiger charge is -2.65. The SMILES string of the molecule is C[C@@]12C[C@@]3(O)O[C@@H](O1)[C@]1(COC(=O)c4ccccc4)[C@H]3CC12O. The lowest BCUT2D eigenvalue weighted by atomic mass is 9.41. The average molecular weight is 318 g/mol. The minimum atomic E-state index is -1.29. The molecule has 6 atom stereocenters. The molecular weight excluding hydrogens is 300 g/mol. The van der Waals surface area contributed by atoms with Gasteiger partial charge < -0.3 is 24.4 Å². The third kappa shape index (κ3) is 1.30. The Kier molecular flexibility index (Phi) is 2.29. The number of aliphatic hydroxyl groups is 2. The normalized spacial score (nSPS) is 51.6. The van der Waals surface area contributed by atoms with E-state index >= 15 is 0 Å². The van der Waals surface area contributed by atoms with Gasteiger partial charge in [0.25, 0.3) is 0 Å². The maximum absolute atomic E-state index is 12.2. The van der Waals surface area contributed by atoms with Gasteiger partial charge in [0.1, 0.15) is 17.8 Å². The Balaban J connectivity index is 1.45. The molecule has 6 bridgehead atoms. The molecular formula is C17H18O6. The summed E-state index contributed by atoms with van der Waals surface area (Å²) in [5.41, 5.74) is -2.42. The molecule has 23 heavy (non-hydrogen) atoms. The van der Waals surface area contributed by atoms with Crippen LogP contribution in [0.15, 0.2) is 30.3 Å². The predicted molar refractivity (Wildman–Crippen MR) is 76.1 cm³/mol. The van der Waals surface area contributed by atoms with Crippen LogP contribution < -0.4 is 0 Å². The minimum absolute atomic E-state index is 0.0234. The second kappa shape index (κ2) is 3.78. The Morgan fingerprint density at radius 2 is 2.04 bits per heavy atom. The maximum Gasteiger partial charge on any atom is 0.338 e. The fourth-order valence-corrected chi connectivity index (χ4v) is 5.26. The summed E-state index contributed by atoms with van der Waals surface area (Å²) in [7, 11) is 0. The second-order valence-corrected chi connectivity index (χ2v) is 7.42. The van der Waals surface area contributed by atoms with Crippen molar-refractivity contribution in [1.82, 2.24) is 0 Å². The highest BCUT2D eigenvalue weighted by Gasteiger charge is 2.93. The average Bonchev–Trinajstić information content (AvgIpc) is 2.70. The van der Waals surface area contributed by atoms with Crippen LogP contribution in [0, 0.1) is 11.3 Å². The molecule has 0 aromatic heterocycles. The van der Waals surface area contributed by atoms with Gasteiger partial charge in [-0.15, -0.1) is 0 Å². The topological polar surface area (TPSA) is 85.2 Å². The van der Waals surface area contributed by atoms with Crippen molar-refractivity contribution in [1.29, 1.82) is 0 Å². The van der Waals surface area contributed by atoms with E-state index in [4.69, 9.17) is 14.2 Å². The predicted octanol–water partition coefficient (Wildman–Crippen LogP) is 0.818. The first-order valence-electron chi connectivity index (χ1n) is 7.87. The number of benzene rings is 1. The van der Waals surface area contributed by atoms with Crippen molar-refractivity contribution in [2.75, 3.05) is 6.61 Å². The molecule has 0 amide bonds. The van der Waals surface area contributed by atoms with Gasteiger partial charge >= 0.3 is 5.97 Å². The number of hydrogen-bond donors (Lipinski definition) is 2. The van der Waals surface area contributed by atoms with Crippen molar-refractivity contribution in [3.8, 4) is 0 Å². The van der Waals surface area contributed by atoms with E-state index in [0.717, 1.165) is 0 Å². The monoisotopic (exact) mass is 318 g/mol. The zero-order valence-corrected chi connectivity index (χ0v) is 12.7. The van der Waals surface area contributed by atoms with Crippen LogP contribution in [-0.2, 0) is 14.2 Å². The van der Waals surface area contributed by atoms with Crippen molar-refractivity contribution >= 4 is 5.97 Å². The highest BCUT2D eigenvalue weighted by Crippen LogP contribution is 2.80. The Labute approximate surface area is 133 Å². The smallest absolute Gasteiger partial charge is 0.338 e. The van der Waals surface area contributed by atoms with Gasteiger partial charge in [0.05, 0.1) is 11.0 Å². The number of carbonyl (C=O) groups is 1. The molecule has 1 aromatic carbocycles. The van der Waals surface area contributed by atoms with E-state index in [1.807, 2.05) is 6.07 Å². The van der Waals surface area contributed by atoms with Crippen LogP contribution in [0.4, 0.5) is 0 Å². The van der Waals surface area contributed by atoms with Gasteiger partial charge in [-0.25, -0.2) is 4.79 Å². The van der Waals surface area contributed by atoms with Crippen molar-refractivity contribution in [3.05, 3.63) is 35.9 Å². The lowest BCUT2D eigenvalue weighted by molar-refractivity contribution is -0.384. The number of hydrogen-bond acceptors (Lipinski definition) is 6. The largest absolute Gasteiger partial charge is 0.461 e. The number of ether oxygens (including phenoxy) is 3. The Morgan fingerprint density at radius 3 is 2.78 bits per heavy atom. The van der Waals surface area contributed by atoms with Crippen LogP contribution in [-0.4, -0.2) is 46.1 Å². The molecule has 122 valence electrons. The Hall–Kier alpha value is -1.47. The van der Waals surface area contributed by atoms with Crippen molar-refractivity contribution in [2.45, 2.75) is 43.0 Å². The molecule has 3 aliphatic carbocycles. The molecule has 0 radical (unpaired) electrons. The van der Waals surface area contributed by atoms with E-state index in [2.05, 4.69) is 0 Å². The first-order valence-corrected chi connectivity index (χ1v) is 7.87. The maximum atomic E-state index is 12.2. The summed E-state index contributed by atoms with van der Waals surface area (Å²) in [5, 5.41) is 21.8. The number of rotatable bonds is 3. The van der Waals surface area contributed by atoms with Crippen LogP contribution >= 0.6 is 0 Å². The molecule has 6 fully saturated rings.